The Morgan fingerprint density at radius 1 is 0.943 bits per heavy atom. The van der Waals surface area contributed by atoms with Gasteiger partial charge in [0.25, 0.3) is 5.91 Å². The smallest absolute Gasteiger partial charge is 0.338 e. The lowest BCUT2D eigenvalue weighted by atomic mass is 10.1. The van der Waals surface area contributed by atoms with Crippen molar-refractivity contribution in [2.75, 3.05) is 37.6 Å². The Labute approximate surface area is 207 Å². The SMILES string of the molecule is CCOC(=O)c1ccc2c(c1)N(CC(=O)Nc1cc(OC)cc(OC)c1)C(=O)c1ccccc1S2. The van der Waals surface area contributed by atoms with Gasteiger partial charge >= 0.3 is 5.97 Å². The Morgan fingerprint density at radius 3 is 2.34 bits per heavy atom. The maximum atomic E-state index is 13.6. The monoisotopic (exact) mass is 492 g/mol. The van der Waals surface area contributed by atoms with Crippen LogP contribution >= 0.6 is 11.8 Å². The van der Waals surface area contributed by atoms with Crippen LogP contribution in [-0.2, 0) is 9.53 Å². The number of nitrogens with zero attached hydrogens (tertiary/aromatic N) is 1. The van der Waals surface area contributed by atoms with E-state index in [1.807, 2.05) is 12.1 Å². The molecule has 2 amide bonds. The fourth-order valence-corrected chi connectivity index (χ4v) is 4.70. The number of hydrogen-bond donors (Lipinski definition) is 1. The minimum absolute atomic E-state index is 0.227. The normalized spacial score (nSPS) is 12.2. The number of methoxy groups -OCH3 is 2. The van der Waals surface area contributed by atoms with Gasteiger partial charge in [-0.25, -0.2) is 4.79 Å². The van der Waals surface area contributed by atoms with Crippen LogP contribution in [0.15, 0.2) is 70.5 Å². The van der Waals surface area contributed by atoms with E-state index < -0.39 is 11.9 Å². The molecule has 4 rings (SSSR count). The summed E-state index contributed by atoms with van der Waals surface area (Å²) in [7, 11) is 3.03. The molecule has 0 unspecified atom stereocenters. The fraction of sp³-hybridized carbons (Fsp3) is 0.192. The first-order chi connectivity index (χ1) is 16.9. The second-order valence-corrected chi connectivity index (χ2v) is 8.63. The van der Waals surface area contributed by atoms with Gasteiger partial charge in [0.2, 0.25) is 5.91 Å². The van der Waals surface area contributed by atoms with Crippen LogP contribution in [0.25, 0.3) is 0 Å². The first-order valence-electron chi connectivity index (χ1n) is 10.9. The largest absolute Gasteiger partial charge is 0.497 e. The second-order valence-electron chi connectivity index (χ2n) is 7.54. The van der Waals surface area contributed by atoms with E-state index in [1.165, 1.54) is 30.9 Å². The molecule has 1 aliphatic heterocycles. The molecule has 1 heterocycles. The summed E-state index contributed by atoms with van der Waals surface area (Å²) >= 11 is 1.41. The van der Waals surface area contributed by atoms with Gasteiger partial charge in [-0.05, 0) is 37.3 Å². The van der Waals surface area contributed by atoms with Crippen LogP contribution in [0.5, 0.6) is 11.5 Å². The molecule has 0 radical (unpaired) electrons. The van der Waals surface area contributed by atoms with Crippen LogP contribution < -0.4 is 19.7 Å². The van der Waals surface area contributed by atoms with Crippen LogP contribution in [0.2, 0.25) is 0 Å². The van der Waals surface area contributed by atoms with Gasteiger partial charge in [0.15, 0.2) is 0 Å². The zero-order valence-corrected chi connectivity index (χ0v) is 20.3. The van der Waals surface area contributed by atoms with Crippen molar-refractivity contribution in [3.63, 3.8) is 0 Å². The van der Waals surface area contributed by atoms with E-state index in [0.717, 1.165) is 9.79 Å². The van der Waals surface area contributed by atoms with Crippen LogP contribution in [-0.4, -0.2) is 45.2 Å². The number of esters is 1. The molecule has 180 valence electrons. The zero-order chi connectivity index (χ0) is 24.9. The van der Waals surface area contributed by atoms with Crippen molar-refractivity contribution < 1.29 is 28.6 Å². The van der Waals surface area contributed by atoms with Crippen molar-refractivity contribution >= 4 is 40.9 Å². The van der Waals surface area contributed by atoms with Crippen molar-refractivity contribution in [3.05, 3.63) is 71.8 Å². The Balaban J connectivity index is 1.69. The first kappa shape index (κ1) is 24.2. The van der Waals surface area contributed by atoms with E-state index in [-0.39, 0.29) is 19.1 Å². The Kier molecular flexibility index (Phi) is 7.26. The third kappa shape index (κ3) is 5.25. The minimum atomic E-state index is -0.498. The molecule has 35 heavy (non-hydrogen) atoms. The van der Waals surface area contributed by atoms with Crippen molar-refractivity contribution in [1.29, 1.82) is 0 Å². The predicted octanol–water partition coefficient (Wildman–Crippen LogP) is 4.63. The van der Waals surface area contributed by atoms with Gasteiger partial charge in [0.1, 0.15) is 18.0 Å². The van der Waals surface area contributed by atoms with E-state index >= 15 is 0 Å². The summed E-state index contributed by atoms with van der Waals surface area (Å²) < 4.78 is 15.6. The average molecular weight is 493 g/mol. The highest BCUT2D eigenvalue weighted by Crippen LogP contribution is 2.41. The number of amides is 2. The molecule has 0 aromatic heterocycles. The summed E-state index contributed by atoms with van der Waals surface area (Å²) in [4.78, 5) is 41.9. The molecule has 1 aliphatic rings. The van der Waals surface area contributed by atoms with Crippen molar-refractivity contribution in [3.8, 4) is 11.5 Å². The quantitative estimate of drug-likeness (QED) is 0.481. The van der Waals surface area contributed by atoms with E-state index in [9.17, 15) is 14.4 Å². The van der Waals surface area contributed by atoms with Gasteiger partial charge in [0.05, 0.1) is 37.6 Å². The van der Waals surface area contributed by atoms with E-state index in [4.69, 9.17) is 14.2 Å². The summed E-state index contributed by atoms with van der Waals surface area (Å²) in [5.74, 6) is -0.236. The van der Waals surface area contributed by atoms with Gasteiger partial charge in [-0.1, -0.05) is 23.9 Å². The number of ether oxygens (including phenoxy) is 3. The Hall–Kier alpha value is -3.98. The fourth-order valence-electron chi connectivity index (χ4n) is 3.64. The van der Waals surface area contributed by atoms with Gasteiger partial charge in [0, 0.05) is 33.7 Å². The number of hydrogen-bond acceptors (Lipinski definition) is 7. The van der Waals surface area contributed by atoms with Crippen LogP contribution in [0, 0.1) is 0 Å². The summed E-state index contributed by atoms with van der Waals surface area (Å²) in [6.07, 6.45) is 0. The summed E-state index contributed by atoms with van der Waals surface area (Å²) in [6.45, 7) is 1.68. The number of nitrogens with one attached hydrogen (secondary N) is 1. The van der Waals surface area contributed by atoms with Crippen molar-refractivity contribution in [2.24, 2.45) is 0 Å². The highest BCUT2D eigenvalue weighted by Gasteiger charge is 2.29. The third-order valence-electron chi connectivity index (χ3n) is 5.28. The zero-order valence-electron chi connectivity index (χ0n) is 19.5. The van der Waals surface area contributed by atoms with Crippen molar-refractivity contribution in [2.45, 2.75) is 16.7 Å². The number of fused-ring (bicyclic) bond motifs is 2. The molecule has 0 fully saturated rings. The number of rotatable bonds is 7. The molecule has 9 heteroatoms. The maximum Gasteiger partial charge on any atom is 0.338 e. The molecular weight excluding hydrogens is 468 g/mol. The standard InChI is InChI=1S/C26H24N2O6S/c1-4-34-26(31)16-9-10-23-21(11-16)28(25(30)20-7-5-6-8-22(20)35-23)15-24(29)27-17-12-18(32-2)14-19(13-17)33-3/h5-14H,4,15H2,1-3H3,(H,27,29). The summed E-state index contributed by atoms with van der Waals surface area (Å²) in [6, 6.07) is 17.2. The number of anilines is 2. The topological polar surface area (TPSA) is 94.2 Å². The molecule has 0 atom stereocenters. The van der Waals surface area contributed by atoms with E-state index in [1.54, 1.807) is 55.5 Å². The lowest BCUT2D eigenvalue weighted by Crippen LogP contribution is -2.38. The molecule has 0 spiro atoms. The highest BCUT2D eigenvalue weighted by atomic mass is 32.2. The summed E-state index contributed by atoms with van der Waals surface area (Å²) in [5, 5.41) is 2.80. The van der Waals surface area contributed by atoms with Crippen molar-refractivity contribution in [1.82, 2.24) is 0 Å². The molecule has 0 bridgehead atoms. The highest BCUT2D eigenvalue weighted by molar-refractivity contribution is 7.99. The Bertz CT molecular complexity index is 1270. The lowest BCUT2D eigenvalue weighted by Gasteiger charge is -2.23. The third-order valence-corrected chi connectivity index (χ3v) is 6.42. The van der Waals surface area contributed by atoms with Gasteiger partial charge in [-0.2, -0.15) is 0 Å². The van der Waals surface area contributed by atoms with E-state index in [2.05, 4.69) is 5.32 Å². The van der Waals surface area contributed by atoms with Gasteiger partial charge < -0.3 is 19.5 Å². The Morgan fingerprint density at radius 2 is 1.66 bits per heavy atom. The molecule has 3 aromatic carbocycles. The minimum Gasteiger partial charge on any atom is -0.497 e. The second kappa shape index (κ2) is 10.5. The van der Waals surface area contributed by atoms with E-state index in [0.29, 0.717) is 34.0 Å². The van der Waals surface area contributed by atoms with Crippen LogP contribution in [0.1, 0.15) is 27.6 Å². The first-order valence-corrected chi connectivity index (χ1v) is 11.7. The molecular formula is C26H24N2O6S. The predicted molar refractivity (Wildman–Crippen MR) is 133 cm³/mol. The maximum absolute atomic E-state index is 13.6. The average Bonchev–Trinajstić information content (AvgIpc) is 2.98. The number of carbonyl (C=O) groups is 3. The lowest BCUT2D eigenvalue weighted by molar-refractivity contribution is -0.114. The number of carbonyl (C=O) groups excluding carboxylic acids is 3. The molecule has 1 N–H and O–H groups in total. The molecule has 0 aliphatic carbocycles. The number of benzene rings is 3. The van der Waals surface area contributed by atoms with Gasteiger partial charge in [-0.3, -0.25) is 14.5 Å². The molecule has 0 saturated carbocycles. The van der Waals surface area contributed by atoms with Gasteiger partial charge in [-0.15, -0.1) is 0 Å². The van der Waals surface area contributed by atoms with Crippen LogP contribution in [0.4, 0.5) is 11.4 Å². The summed E-state index contributed by atoms with van der Waals surface area (Å²) in [5.41, 5.74) is 1.69. The van der Waals surface area contributed by atoms with Crippen LogP contribution in [0.3, 0.4) is 0 Å². The molecule has 0 saturated heterocycles. The molecule has 8 nitrogen and oxygen atoms in total. The molecule has 3 aromatic rings.